The summed E-state index contributed by atoms with van der Waals surface area (Å²) in [6, 6.07) is 3.11. The van der Waals surface area contributed by atoms with Crippen molar-refractivity contribution >= 4 is 5.69 Å². The molecule has 0 aliphatic heterocycles. The van der Waals surface area contributed by atoms with Gasteiger partial charge in [0, 0.05) is 31.0 Å². The summed E-state index contributed by atoms with van der Waals surface area (Å²) in [5, 5.41) is 0. The summed E-state index contributed by atoms with van der Waals surface area (Å²) in [7, 11) is 3.94. The molecule has 0 radical (unpaired) electrons. The normalized spacial score (nSPS) is 10.7. The van der Waals surface area contributed by atoms with Crippen LogP contribution in [0.2, 0.25) is 0 Å². The Morgan fingerprint density at radius 3 is 2.77 bits per heavy atom. The highest BCUT2D eigenvalue weighted by Gasteiger charge is 1.96. The molecule has 0 atom stereocenters. The number of hydrogen-bond donors (Lipinski definition) is 1. The van der Waals surface area contributed by atoms with Gasteiger partial charge in [0.1, 0.15) is 0 Å². The summed E-state index contributed by atoms with van der Waals surface area (Å²) < 4.78 is 1.62. The molecular weight excluding hydrogens is 166 g/mol. The first-order valence-corrected chi connectivity index (χ1v) is 4.20. The summed E-state index contributed by atoms with van der Waals surface area (Å²) in [6.45, 7) is 1.51. The number of aromatic nitrogens is 1. The third kappa shape index (κ3) is 2.91. The van der Waals surface area contributed by atoms with E-state index in [0.717, 1.165) is 6.54 Å². The first-order valence-electron chi connectivity index (χ1n) is 4.20. The second-order valence-electron chi connectivity index (χ2n) is 3.30. The van der Waals surface area contributed by atoms with Crippen LogP contribution in [0.25, 0.3) is 0 Å². The number of likely N-dealkylation sites (N-methyl/N-ethyl adjacent to an activating group) is 1. The molecule has 0 saturated carbocycles. The third-order valence-corrected chi connectivity index (χ3v) is 1.79. The monoisotopic (exact) mass is 181 g/mol. The van der Waals surface area contributed by atoms with E-state index in [1.165, 1.54) is 6.07 Å². The van der Waals surface area contributed by atoms with E-state index in [9.17, 15) is 4.79 Å². The van der Waals surface area contributed by atoms with Crippen LogP contribution in [0.15, 0.2) is 23.1 Å². The zero-order valence-electron chi connectivity index (χ0n) is 8.03. The first-order chi connectivity index (χ1) is 6.09. The molecule has 0 aromatic carbocycles. The molecule has 4 nitrogen and oxygen atoms in total. The highest BCUT2D eigenvalue weighted by Crippen LogP contribution is 1.95. The van der Waals surface area contributed by atoms with E-state index < -0.39 is 0 Å². The van der Waals surface area contributed by atoms with Crippen LogP contribution in [0.3, 0.4) is 0 Å². The lowest BCUT2D eigenvalue weighted by Crippen LogP contribution is -2.25. The lowest BCUT2D eigenvalue weighted by Gasteiger charge is -2.11. The molecule has 0 aliphatic carbocycles. The van der Waals surface area contributed by atoms with Crippen molar-refractivity contribution in [2.24, 2.45) is 0 Å². The fourth-order valence-corrected chi connectivity index (χ4v) is 1.03. The van der Waals surface area contributed by atoms with Crippen molar-refractivity contribution in [3.8, 4) is 0 Å². The Bertz CT molecular complexity index is 330. The van der Waals surface area contributed by atoms with E-state index in [-0.39, 0.29) is 5.56 Å². The largest absolute Gasteiger partial charge is 0.398 e. The molecule has 4 heteroatoms. The number of nitrogens with zero attached hydrogens (tertiary/aromatic N) is 2. The second-order valence-corrected chi connectivity index (χ2v) is 3.30. The minimum absolute atomic E-state index is 0.00366. The average molecular weight is 181 g/mol. The van der Waals surface area contributed by atoms with Gasteiger partial charge in [-0.15, -0.1) is 0 Å². The van der Waals surface area contributed by atoms with Gasteiger partial charge < -0.3 is 15.2 Å². The molecule has 2 N–H and O–H groups in total. The van der Waals surface area contributed by atoms with Gasteiger partial charge in [0.15, 0.2) is 0 Å². The van der Waals surface area contributed by atoms with Crippen molar-refractivity contribution in [3.05, 3.63) is 28.7 Å². The standard InChI is InChI=1S/C9H15N3O/c1-11(2)5-6-12-7-8(10)3-4-9(12)13/h3-4,7H,5-6,10H2,1-2H3. The van der Waals surface area contributed by atoms with Gasteiger partial charge in [0.05, 0.1) is 0 Å². The van der Waals surface area contributed by atoms with Gasteiger partial charge >= 0.3 is 0 Å². The van der Waals surface area contributed by atoms with E-state index in [1.807, 2.05) is 19.0 Å². The third-order valence-electron chi connectivity index (χ3n) is 1.79. The predicted octanol–water partition coefficient (Wildman–Crippen LogP) is -0.00790. The Morgan fingerprint density at radius 2 is 2.15 bits per heavy atom. The van der Waals surface area contributed by atoms with Crippen molar-refractivity contribution < 1.29 is 0 Å². The highest BCUT2D eigenvalue weighted by atomic mass is 16.1. The van der Waals surface area contributed by atoms with Crippen LogP contribution in [0, 0.1) is 0 Å². The summed E-state index contributed by atoms with van der Waals surface area (Å²) in [6.07, 6.45) is 1.67. The van der Waals surface area contributed by atoms with Crippen molar-refractivity contribution in [1.29, 1.82) is 0 Å². The molecule has 0 unspecified atom stereocenters. The summed E-state index contributed by atoms with van der Waals surface area (Å²) in [5.41, 5.74) is 6.18. The van der Waals surface area contributed by atoms with E-state index in [1.54, 1.807) is 16.8 Å². The number of hydrogen-bond acceptors (Lipinski definition) is 3. The number of nitrogens with two attached hydrogens (primary N) is 1. The molecule has 72 valence electrons. The zero-order valence-corrected chi connectivity index (χ0v) is 8.03. The number of anilines is 1. The Labute approximate surface area is 77.6 Å². The van der Waals surface area contributed by atoms with Crippen LogP contribution >= 0.6 is 0 Å². The fraction of sp³-hybridized carbons (Fsp3) is 0.444. The van der Waals surface area contributed by atoms with Gasteiger partial charge in [0.2, 0.25) is 0 Å². The molecule has 1 heterocycles. The maximum absolute atomic E-state index is 11.3. The topological polar surface area (TPSA) is 51.3 Å². The van der Waals surface area contributed by atoms with Crippen LogP contribution in [0.4, 0.5) is 5.69 Å². The van der Waals surface area contributed by atoms with E-state index in [0.29, 0.717) is 12.2 Å². The lowest BCUT2D eigenvalue weighted by atomic mass is 10.4. The molecule has 0 amide bonds. The Kier molecular flexibility index (Phi) is 3.08. The van der Waals surface area contributed by atoms with Gasteiger partial charge in [0.25, 0.3) is 5.56 Å². The summed E-state index contributed by atoms with van der Waals surface area (Å²) in [5.74, 6) is 0. The molecule has 0 saturated heterocycles. The molecule has 1 aromatic rings. The summed E-state index contributed by atoms with van der Waals surface area (Å²) >= 11 is 0. The average Bonchev–Trinajstić information content (AvgIpc) is 2.06. The highest BCUT2D eigenvalue weighted by molar-refractivity contribution is 5.33. The Morgan fingerprint density at radius 1 is 1.46 bits per heavy atom. The minimum atomic E-state index is -0.00366. The summed E-state index contributed by atoms with van der Waals surface area (Å²) in [4.78, 5) is 13.3. The number of pyridine rings is 1. The molecule has 0 bridgehead atoms. The first kappa shape index (κ1) is 9.80. The van der Waals surface area contributed by atoms with Crippen molar-refractivity contribution in [1.82, 2.24) is 9.47 Å². The molecule has 1 rings (SSSR count). The quantitative estimate of drug-likeness (QED) is 0.713. The minimum Gasteiger partial charge on any atom is -0.398 e. The van der Waals surface area contributed by atoms with E-state index in [2.05, 4.69) is 0 Å². The second kappa shape index (κ2) is 4.09. The molecule has 13 heavy (non-hydrogen) atoms. The lowest BCUT2D eigenvalue weighted by molar-refractivity contribution is 0.381. The van der Waals surface area contributed by atoms with Crippen LogP contribution < -0.4 is 11.3 Å². The van der Waals surface area contributed by atoms with Crippen LogP contribution in [-0.2, 0) is 6.54 Å². The Balaban J connectivity index is 2.76. The maximum atomic E-state index is 11.3. The van der Waals surface area contributed by atoms with Crippen LogP contribution in [0.5, 0.6) is 0 Å². The molecule has 1 aromatic heterocycles. The maximum Gasteiger partial charge on any atom is 0.250 e. The van der Waals surface area contributed by atoms with Gasteiger partial charge in [-0.3, -0.25) is 4.79 Å². The molecule has 0 aliphatic rings. The van der Waals surface area contributed by atoms with Gasteiger partial charge in [-0.05, 0) is 20.2 Å². The number of nitrogen functional groups attached to an aromatic ring is 1. The van der Waals surface area contributed by atoms with Gasteiger partial charge in [-0.2, -0.15) is 0 Å². The molecular formula is C9H15N3O. The molecule has 0 fully saturated rings. The van der Waals surface area contributed by atoms with Crippen molar-refractivity contribution in [2.45, 2.75) is 6.54 Å². The van der Waals surface area contributed by atoms with Crippen LogP contribution in [-0.4, -0.2) is 30.1 Å². The fourth-order valence-electron chi connectivity index (χ4n) is 1.03. The smallest absolute Gasteiger partial charge is 0.250 e. The van der Waals surface area contributed by atoms with Crippen LogP contribution in [0.1, 0.15) is 0 Å². The molecule has 0 spiro atoms. The predicted molar refractivity (Wildman–Crippen MR) is 53.7 cm³/mol. The SMILES string of the molecule is CN(C)CCn1cc(N)ccc1=O. The van der Waals surface area contributed by atoms with Crippen molar-refractivity contribution in [3.63, 3.8) is 0 Å². The zero-order chi connectivity index (χ0) is 9.84. The van der Waals surface area contributed by atoms with E-state index >= 15 is 0 Å². The van der Waals surface area contributed by atoms with Gasteiger partial charge in [-0.1, -0.05) is 0 Å². The Hall–Kier alpha value is -1.29. The van der Waals surface area contributed by atoms with Gasteiger partial charge in [-0.25, -0.2) is 0 Å². The van der Waals surface area contributed by atoms with Crippen molar-refractivity contribution in [2.75, 3.05) is 26.4 Å². The number of rotatable bonds is 3. The van der Waals surface area contributed by atoms with E-state index in [4.69, 9.17) is 5.73 Å².